The van der Waals surface area contributed by atoms with Gasteiger partial charge in [0.2, 0.25) is 0 Å². The number of benzene rings is 1. The fraction of sp³-hybridized carbons (Fsp3) is 0.606. The van der Waals surface area contributed by atoms with Crippen LogP contribution >= 0.6 is 11.3 Å². The summed E-state index contributed by atoms with van der Waals surface area (Å²) in [5.41, 5.74) is 0.340. The molecule has 1 aromatic carbocycles. The zero-order valence-corrected chi connectivity index (χ0v) is 32.0. The van der Waals surface area contributed by atoms with Gasteiger partial charge in [-0.2, -0.15) is 5.10 Å². The molecule has 2 fully saturated rings. The molecule has 2 bridgehead atoms. The highest BCUT2D eigenvalue weighted by molar-refractivity contribution is 7.89. The number of carbonyl (C=O) groups is 1. The third kappa shape index (κ3) is 7.09. The third-order valence-electron chi connectivity index (χ3n) is 9.25. The lowest BCUT2D eigenvalue weighted by Gasteiger charge is -2.35. The number of rotatable bonds is 11. The molecular formula is C33H43F2N7O5S2Si. The number of carbonyl (C=O) groups excluding carboxylic acids is 1. The molecule has 50 heavy (non-hydrogen) atoms. The van der Waals surface area contributed by atoms with Gasteiger partial charge in [-0.15, -0.1) is 10.2 Å². The molecule has 2 aromatic heterocycles. The summed E-state index contributed by atoms with van der Waals surface area (Å²) in [6.07, 6.45) is 1.46. The molecule has 0 spiro atoms. The van der Waals surface area contributed by atoms with Crippen LogP contribution in [0, 0.1) is 6.57 Å². The van der Waals surface area contributed by atoms with E-state index < -0.39 is 46.9 Å². The number of amides is 1. The zero-order chi connectivity index (χ0) is 36.4. The van der Waals surface area contributed by atoms with Crippen molar-refractivity contribution < 1.29 is 31.5 Å². The molecule has 3 aromatic rings. The second-order valence-electron chi connectivity index (χ2n) is 15.5. The summed E-state index contributed by atoms with van der Waals surface area (Å²) in [5.74, 6) is 0. The maximum atomic E-state index is 14.7. The van der Waals surface area contributed by atoms with E-state index in [1.54, 1.807) is 22.7 Å². The maximum Gasteiger partial charge on any atom is 0.411 e. The Balaban J connectivity index is 1.48. The van der Waals surface area contributed by atoms with E-state index in [4.69, 9.17) is 16.0 Å². The van der Waals surface area contributed by atoms with Crippen molar-refractivity contribution in [3.63, 3.8) is 0 Å². The van der Waals surface area contributed by atoms with Gasteiger partial charge < -0.3 is 9.47 Å². The van der Waals surface area contributed by atoms with Crippen molar-refractivity contribution >= 4 is 52.0 Å². The van der Waals surface area contributed by atoms with Crippen LogP contribution in [0.2, 0.25) is 25.7 Å². The topological polar surface area (TPSA) is 124 Å². The van der Waals surface area contributed by atoms with E-state index in [0.29, 0.717) is 53.7 Å². The van der Waals surface area contributed by atoms with Gasteiger partial charge in [0.05, 0.1) is 29.3 Å². The van der Waals surface area contributed by atoms with Gasteiger partial charge in [0.1, 0.15) is 18.0 Å². The summed E-state index contributed by atoms with van der Waals surface area (Å²) in [4.78, 5) is 18.7. The molecule has 1 saturated heterocycles. The molecule has 0 N–H and O–H groups in total. The van der Waals surface area contributed by atoms with Crippen molar-refractivity contribution in [1.82, 2.24) is 29.2 Å². The fourth-order valence-corrected chi connectivity index (χ4v) is 9.71. The predicted octanol–water partition coefficient (Wildman–Crippen LogP) is 7.30. The largest absolute Gasteiger partial charge is 0.444 e. The van der Waals surface area contributed by atoms with Crippen LogP contribution in [0.5, 0.6) is 0 Å². The molecule has 1 saturated carbocycles. The van der Waals surface area contributed by atoms with E-state index in [1.807, 2.05) is 26.8 Å². The summed E-state index contributed by atoms with van der Waals surface area (Å²) in [6, 6.07) is 3.51. The smallest absolute Gasteiger partial charge is 0.411 e. The number of halogens is 2. The summed E-state index contributed by atoms with van der Waals surface area (Å²) >= 11 is 0.698. The van der Waals surface area contributed by atoms with Gasteiger partial charge in [0.25, 0.3) is 16.4 Å². The first-order chi connectivity index (χ1) is 23.3. The highest BCUT2D eigenvalue weighted by Gasteiger charge is 2.61. The minimum Gasteiger partial charge on any atom is -0.444 e. The van der Waals surface area contributed by atoms with Crippen LogP contribution in [0.3, 0.4) is 0 Å². The molecular weight excluding hydrogens is 705 g/mol. The number of aryl methyl sites for hydroxylation is 1. The molecule has 2 unspecified atom stereocenters. The minimum absolute atomic E-state index is 0.0700. The first-order valence-corrected chi connectivity index (χ1v) is 22.6. The number of alkyl halides is 2. The van der Waals surface area contributed by atoms with Crippen LogP contribution in [0.15, 0.2) is 23.1 Å². The Labute approximate surface area is 296 Å². The van der Waals surface area contributed by atoms with Gasteiger partial charge in [0, 0.05) is 38.7 Å². The van der Waals surface area contributed by atoms with E-state index in [9.17, 15) is 22.0 Å². The molecule has 1 amide bonds. The first-order valence-electron chi connectivity index (χ1n) is 16.7. The quantitative estimate of drug-likeness (QED) is 0.0867. The summed E-state index contributed by atoms with van der Waals surface area (Å²) in [7, 11) is -4.08. The van der Waals surface area contributed by atoms with Crippen LogP contribution in [0.1, 0.15) is 69.9 Å². The molecule has 12 nitrogen and oxygen atoms in total. The van der Waals surface area contributed by atoms with Crippen molar-refractivity contribution in [2.45, 2.75) is 113 Å². The van der Waals surface area contributed by atoms with E-state index in [2.05, 4.69) is 39.8 Å². The normalized spacial score (nSPS) is 20.4. The Kier molecular flexibility index (Phi) is 9.51. The van der Waals surface area contributed by atoms with E-state index in [-0.39, 0.29) is 34.4 Å². The summed E-state index contributed by atoms with van der Waals surface area (Å²) in [6.45, 7) is 20.1. The average molecular weight is 748 g/mol. The molecule has 6 rings (SSSR count). The highest BCUT2D eigenvalue weighted by Crippen LogP contribution is 2.48. The third-order valence-corrected chi connectivity index (χ3v) is 13.7. The summed E-state index contributed by atoms with van der Waals surface area (Å²) < 4.78 is 70.9. The lowest BCUT2D eigenvalue weighted by molar-refractivity contribution is 0.0175. The molecule has 2 aliphatic heterocycles. The van der Waals surface area contributed by atoms with Gasteiger partial charge in [-0.05, 0) is 63.8 Å². The lowest BCUT2D eigenvalue weighted by atomic mass is 9.93. The highest BCUT2D eigenvalue weighted by atomic mass is 32.2. The SMILES string of the molecule is [C-]#[N+]C1(N(COCC[Si](C)(C)C)S(=O)(=O)c2cc(C3=CC4CCC(C3)N4C(=O)OC(C)(C)C)c3c(c2)c(-c2nnc(C(F)F)s2)nn3C)CC1. The lowest BCUT2D eigenvalue weighted by Crippen LogP contribution is -2.45. The fourth-order valence-electron chi connectivity index (χ4n) is 6.59. The van der Waals surface area contributed by atoms with E-state index >= 15 is 0 Å². The number of aromatic nitrogens is 4. The number of fused-ring (bicyclic) bond motifs is 3. The van der Waals surface area contributed by atoms with Crippen molar-refractivity contribution in [2.24, 2.45) is 7.05 Å². The van der Waals surface area contributed by atoms with Crippen LogP contribution in [-0.2, 0) is 26.5 Å². The van der Waals surface area contributed by atoms with Crippen molar-refractivity contribution in [2.75, 3.05) is 13.3 Å². The van der Waals surface area contributed by atoms with Crippen LogP contribution < -0.4 is 0 Å². The van der Waals surface area contributed by atoms with E-state index in [1.165, 1.54) is 10.4 Å². The number of nitrogens with zero attached hydrogens (tertiary/aromatic N) is 7. The standard InChI is InChI=1S/C33H43F2N7O5S2Si/c1-32(2,3)47-31(43)42-21-9-10-22(42)16-20(15-21)24-17-23(18-25-26(39-40(5)27(24)25)29-37-38-30(48-29)28(34)35)49(44,45)41(33(36-4)11-12-33)19-46-13-14-50(6,7)8/h15,17-18,21-22,28H,9-14,16,19H2,1-3,5-8H3. The van der Waals surface area contributed by atoms with Gasteiger partial charge in [-0.1, -0.05) is 41.4 Å². The van der Waals surface area contributed by atoms with Gasteiger partial charge in [-0.25, -0.2) is 28.6 Å². The van der Waals surface area contributed by atoms with Gasteiger partial charge in [0.15, 0.2) is 10.0 Å². The van der Waals surface area contributed by atoms with Crippen molar-refractivity contribution in [3.05, 3.63) is 40.2 Å². The second-order valence-corrected chi connectivity index (χ2v) is 24.0. The van der Waals surface area contributed by atoms with Crippen molar-refractivity contribution in [1.29, 1.82) is 0 Å². The molecule has 4 heterocycles. The molecule has 2 atom stereocenters. The van der Waals surface area contributed by atoms with Gasteiger partial charge in [-0.3, -0.25) is 14.4 Å². The average Bonchev–Trinajstić information content (AvgIpc) is 3.35. The molecule has 3 aliphatic rings. The van der Waals surface area contributed by atoms with Crippen LogP contribution in [0.4, 0.5) is 13.6 Å². The first kappa shape index (κ1) is 36.5. The summed E-state index contributed by atoms with van der Waals surface area (Å²) in [5, 5.41) is 12.3. The van der Waals surface area contributed by atoms with Crippen LogP contribution in [0.25, 0.3) is 32.0 Å². The number of hydrogen-bond donors (Lipinski definition) is 0. The van der Waals surface area contributed by atoms with E-state index in [0.717, 1.165) is 24.5 Å². The van der Waals surface area contributed by atoms with Crippen LogP contribution in [-0.4, -0.2) is 88.5 Å². The number of ether oxygens (including phenoxy) is 2. The zero-order valence-electron chi connectivity index (χ0n) is 29.4. The Hall–Kier alpha value is -3.30. The van der Waals surface area contributed by atoms with Crippen molar-refractivity contribution in [3.8, 4) is 10.7 Å². The minimum atomic E-state index is -4.33. The Bertz CT molecular complexity index is 1990. The molecule has 17 heteroatoms. The molecule has 1 aliphatic carbocycles. The Morgan fingerprint density at radius 3 is 2.52 bits per heavy atom. The molecule has 270 valence electrons. The Morgan fingerprint density at radius 2 is 1.94 bits per heavy atom. The maximum absolute atomic E-state index is 14.7. The van der Waals surface area contributed by atoms with Gasteiger partial charge >= 0.3 is 11.8 Å². The Morgan fingerprint density at radius 1 is 1.22 bits per heavy atom. The molecule has 0 radical (unpaired) electrons. The predicted molar refractivity (Wildman–Crippen MR) is 189 cm³/mol. The number of sulfonamides is 1. The second kappa shape index (κ2) is 13.0. The number of hydrogen-bond acceptors (Lipinski definition) is 9. The monoisotopic (exact) mass is 747 g/mol.